The molecule has 0 unspecified atom stereocenters. The van der Waals surface area contributed by atoms with Gasteiger partial charge in [-0.2, -0.15) is 0 Å². The van der Waals surface area contributed by atoms with Crippen LogP contribution in [-0.4, -0.2) is 71.9 Å². The third-order valence-corrected chi connectivity index (χ3v) is 6.88. The number of carbonyl (C=O) groups excluding carboxylic acids is 4. The maximum absolute atomic E-state index is 13.2. The molecule has 0 bridgehead atoms. The molecule has 0 aliphatic carbocycles. The third-order valence-electron chi connectivity index (χ3n) is 6.88. The Bertz CT molecular complexity index is 1030. The normalized spacial score (nSPS) is 24.9. The lowest BCUT2D eigenvalue weighted by Crippen LogP contribution is -2.46. The summed E-state index contributed by atoms with van der Waals surface area (Å²) in [4.78, 5) is 55.4. The number of imide groups is 2. The molecule has 4 heterocycles. The second-order valence-electron chi connectivity index (χ2n) is 8.78. The predicted octanol–water partition coefficient (Wildman–Crippen LogP) is 2.39. The Kier molecular flexibility index (Phi) is 4.41. The van der Waals surface area contributed by atoms with E-state index in [1.165, 1.54) is 9.80 Å². The van der Waals surface area contributed by atoms with Crippen LogP contribution in [0.3, 0.4) is 0 Å². The maximum atomic E-state index is 13.2. The number of rotatable bonds is 4. The summed E-state index contributed by atoms with van der Waals surface area (Å²) in [5.41, 5.74) is 1.36. The number of ether oxygens (including phenoxy) is 2. The Morgan fingerprint density at radius 1 is 0.625 bits per heavy atom. The Morgan fingerprint density at radius 2 is 0.969 bits per heavy atom. The van der Waals surface area contributed by atoms with E-state index in [0.717, 1.165) is 25.7 Å². The number of hydrogen-bond donors (Lipinski definition) is 0. The van der Waals surface area contributed by atoms with Gasteiger partial charge in [0, 0.05) is 46.2 Å². The quantitative estimate of drug-likeness (QED) is 0.686. The van der Waals surface area contributed by atoms with Crippen LogP contribution < -0.4 is 0 Å². The fourth-order valence-electron chi connectivity index (χ4n) is 5.29. The van der Waals surface area contributed by atoms with Crippen molar-refractivity contribution in [3.05, 3.63) is 46.5 Å². The van der Waals surface area contributed by atoms with Crippen molar-refractivity contribution in [3.8, 4) is 0 Å². The summed E-state index contributed by atoms with van der Waals surface area (Å²) in [6.07, 6.45) is 3.11. The van der Waals surface area contributed by atoms with E-state index in [9.17, 15) is 19.2 Å². The van der Waals surface area contributed by atoms with Crippen LogP contribution >= 0.6 is 0 Å². The van der Waals surface area contributed by atoms with Crippen molar-refractivity contribution < 1.29 is 28.7 Å². The van der Waals surface area contributed by atoms with E-state index in [2.05, 4.69) is 0 Å². The number of hydrogen-bond acceptors (Lipinski definition) is 6. The van der Waals surface area contributed by atoms with Crippen LogP contribution in [0.1, 0.15) is 67.1 Å². The molecular formula is C24H22N2O6. The minimum absolute atomic E-state index is 0.160. The highest BCUT2D eigenvalue weighted by atomic mass is 16.5. The first-order chi connectivity index (χ1) is 15.5. The second kappa shape index (κ2) is 7.21. The minimum Gasteiger partial charge on any atom is -0.376 e. The molecule has 2 aromatic carbocycles. The summed E-state index contributed by atoms with van der Waals surface area (Å²) in [6, 6.07) is 6.39. The van der Waals surface area contributed by atoms with Crippen LogP contribution in [0, 0.1) is 0 Å². The lowest BCUT2D eigenvalue weighted by Gasteiger charge is -2.33. The molecule has 32 heavy (non-hydrogen) atoms. The van der Waals surface area contributed by atoms with Crippen molar-refractivity contribution >= 4 is 34.4 Å². The summed E-state index contributed by atoms with van der Waals surface area (Å²) >= 11 is 0. The summed E-state index contributed by atoms with van der Waals surface area (Å²) in [7, 11) is 0. The first-order valence-electron chi connectivity index (χ1n) is 11.1. The van der Waals surface area contributed by atoms with Gasteiger partial charge >= 0.3 is 0 Å². The lowest BCUT2D eigenvalue weighted by molar-refractivity contribution is 0.0424. The summed E-state index contributed by atoms with van der Waals surface area (Å²) in [6.45, 7) is 1.67. The molecule has 2 fully saturated rings. The maximum Gasteiger partial charge on any atom is 0.261 e. The van der Waals surface area contributed by atoms with Crippen molar-refractivity contribution in [2.24, 2.45) is 0 Å². The molecule has 0 saturated carbocycles. The van der Waals surface area contributed by atoms with Crippen molar-refractivity contribution in [1.29, 1.82) is 0 Å². The average molecular weight is 434 g/mol. The van der Waals surface area contributed by atoms with Crippen LogP contribution in [-0.2, 0) is 9.47 Å². The van der Waals surface area contributed by atoms with Gasteiger partial charge in [-0.15, -0.1) is 0 Å². The summed E-state index contributed by atoms with van der Waals surface area (Å²) < 4.78 is 11.2. The highest BCUT2D eigenvalue weighted by molar-refractivity contribution is 6.33. The molecule has 8 heteroatoms. The molecular weight excluding hydrogens is 412 g/mol. The fraction of sp³-hybridized carbons (Fsp3) is 0.417. The molecule has 4 aliphatic heterocycles. The van der Waals surface area contributed by atoms with Gasteiger partial charge in [0.2, 0.25) is 0 Å². The van der Waals surface area contributed by atoms with Gasteiger partial charge in [-0.3, -0.25) is 29.0 Å². The van der Waals surface area contributed by atoms with Crippen LogP contribution in [0.2, 0.25) is 0 Å². The smallest absolute Gasteiger partial charge is 0.261 e. The van der Waals surface area contributed by atoms with Crippen molar-refractivity contribution in [2.75, 3.05) is 26.3 Å². The Balaban J connectivity index is 1.43. The monoisotopic (exact) mass is 434 g/mol. The molecule has 6 rings (SSSR count). The van der Waals surface area contributed by atoms with Gasteiger partial charge in [-0.25, -0.2) is 0 Å². The van der Waals surface area contributed by atoms with Crippen LogP contribution in [0.5, 0.6) is 0 Å². The zero-order chi connectivity index (χ0) is 22.0. The molecule has 164 valence electrons. The SMILES string of the molecule is O=C1c2ccc3c4c(ccc(c24)C(=O)N1C[C@@H]1CCCO1)C(=O)N(C[C@@H]1CCCO1)C3=O. The van der Waals surface area contributed by atoms with E-state index in [4.69, 9.17) is 9.47 Å². The highest BCUT2D eigenvalue weighted by Crippen LogP contribution is 2.38. The van der Waals surface area contributed by atoms with Crippen molar-refractivity contribution in [3.63, 3.8) is 0 Å². The number of benzene rings is 2. The van der Waals surface area contributed by atoms with Crippen LogP contribution in [0.25, 0.3) is 10.8 Å². The van der Waals surface area contributed by atoms with E-state index >= 15 is 0 Å². The highest BCUT2D eigenvalue weighted by Gasteiger charge is 2.41. The number of carbonyl (C=O) groups is 4. The standard InChI is InChI=1S/C24H22N2O6/c27-21-15-5-7-17-20-18(24(30)26(23(17)29)12-14-4-2-10-32-14)8-6-16(19(15)20)22(28)25(21)11-13-3-1-9-31-13/h5-8,13-14H,1-4,9-12H2/t13-,14-/m0/s1. The molecule has 0 radical (unpaired) electrons. The van der Waals surface area contributed by atoms with Gasteiger partial charge in [-0.1, -0.05) is 0 Å². The molecule has 0 N–H and O–H groups in total. The van der Waals surface area contributed by atoms with Gasteiger partial charge in [-0.05, 0) is 49.9 Å². The van der Waals surface area contributed by atoms with E-state index in [0.29, 0.717) is 46.2 Å². The van der Waals surface area contributed by atoms with Gasteiger partial charge in [0.05, 0.1) is 25.3 Å². The van der Waals surface area contributed by atoms with Gasteiger partial charge in [0.15, 0.2) is 0 Å². The summed E-state index contributed by atoms with van der Waals surface area (Å²) in [5.74, 6) is -1.65. The van der Waals surface area contributed by atoms with Crippen molar-refractivity contribution in [2.45, 2.75) is 37.9 Å². The Morgan fingerprint density at radius 3 is 1.25 bits per heavy atom. The fourth-order valence-corrected chi connectivity index (χ4v) is 5.29. The first kappa shape index (κ1) is 19.6. The van der Waals surface area contributed by atoms with E-state index < -0.39 is 23.6 Å². The van der Waals surface area contributed by atoms with Crippen molar-refractivity contribution in [1.82, 2.24) is 9.80 Å². The molecule has 2 saturated heterocycles. The zero-order valence-corrected chi connectivity index (χ0v) is 17.5. The second-order valence-corrected chi connectivity index (χ2v) is 8.78. The van der Waals surface area contributed by atoms with Gasteiger partial charge in [0.25, 0.3) is 23.6 Å². The molecule has 2 atom stereocenters. The topological polar surface area (TPSA) is 93.2 Å². The third kappa shape index (κ3) is 2.76. The molecule has 4 aliphatic rings. The van der Waals surface area contributed by atoms with Gasteiger partial charge in [0.1, 0.15) is 0 Å². The average Bonchev–Trinajstić information content (AvgIpc) is 3.50. The summed E-state index contributed by atoms with van der Waals surface area (Å²) in [5, 5.41) is 0.800. The molecule has 0 spiro atoms. The number of amides is 4. The van der Waals surface area contributed by atoms with Crippen LogP contribution in [0.15, 0.2) is 24.3 Å². The Hall–Kier alpha value is -3.10. The van der Waals surface area contributed by atoms with Gasteiger partial charge < -0.3 is 9.47 Å². The molecule has 8 nitrogen and oxygen atoms in total. The molecule has 0 aromatic heterocycles. The van der Waals surface area contributed by atoms with E-state index in [1.807, 2.05) is 0 Å². The minimum atomic E-state index is -0.414. The molecule has 4 amide bonds. The zero-order valence-electron chi connectivity index (χ0n) is 17.5. The first-order valence-corrected chi connectivity index (χ1v) is 11.1. The predicted molar refractivity (Wildman–Crippen MR) is 113 cm³/mol. The lowest BCUT2D eigenvalue weighted by atomic mass is 9.85. The van der Waals surface area contributed by atoms with E-state index in [1.54, 1.807) is 24.3 Å². The number of nitrogens with zero attached hydrogens (tertiary/aromatic N) is 2. The Labute approximate surface area is 184 Å². The molecule has 2 aromatic rings. The van der Waals surface area contributed by atoms with E-state index in [-0.39, 0.29) is 25.3 Å². The largest absolute Gasteiger partial charge is 0.376 e. The van der Waals surface area contributed by atoms with Crippen LogP contribution in [0.4, 0.5) is 0 Å².